The van der Waals surface area contributed by atoms with Gasteiger partial charge in [0.15, 0.2) is 0 Å². The third-order valence-corrected chi connectivity index (χ3v) is 2.78. The van der Waals surface area contributed by atoms with Crippen molar-refractivity contribution in [3.8, 4) is 0 Å². The van der Waals surface area contributed by atoms with Gasteiger partial charge in [0.1, 0.15) is 5.76 Å². The van der Waals surface area contributed by atoms with E-state index >= 15 is 0 Å². The Kier molecular flexibility index (Phi) is 3.69. The van der Waals surface area contributed by atoms with E-state index in [0.29, 0.717) is 12.0 Å². The summed E-state index contributed by atoms with van der Waals surface area (Å²) in [4.78, 5) is 0. The average Bonchev–Trinajstić information content (AvgIpc) is 2.43. The van der Waals surface area contributed by atoms with E-state index < -0.39 is 0 Å². The molecule has 1 heterocycles. The lowest BCUT2D eigenvalue weighted by Crippen LogP contribution is -2.30. The van der Waals surface area contributed by atoms with Crippen LogP contribution in [-0.2, 0) is 6.54 Å². The molecule has 0 fully saturated rings. The highest BCUT2D eigenvalue weighted by Crippen LogP contribution is 2.12. The Hall–Kier alpha value is -0.830. The Labute approximate surface area is 85.9 Å². The fourth-order valence-electron chi connectivity index (χ4n) is 1.25. The second kappa shape index (κ2) is 4.60. The van der Waals surface area contributed by atoms with Crippen LogP contribution in [0.4, 0.5) is 0 Å². The van der Waals surface area contributed by atoms with Crippen LogP contribution < -0.4 is 5.32 Å². The van der Waals surface area contributed by atoms with Crippen molar-refractivity contribution in [3.05, 3.63) is 17.0 Å². The van der Waals surface area contributed by atoms with Gasteiger partial charge < -0.3 is 9.84 Å². The average molecular weight is 196 g/mol. The summed E-state index contributed by atoms with van der Waals surface area (Å²) in [6.45, 7) is 11.4. The molecule has 80 valence electrons. The Bertz CT molecular complexity index is 272. The molecule has 1 atom stereocenters. The highest BCUT2D eigenvalue weighted by molar-refractivity contribution is 5.20. The Morgan fingerprint density at radius 3 is 2.36 bits per heavy atom. The zero-order valence-corrected chi connectivity index (χ0v) is 9.72. The summed E-state index contributed by atoms with van der Waals surface area (Å²) in [6, 6.07) is 0.517. The molecule has 0 aliphatic heterocycles. The van der Waals surface area contributed by atoms with Crippen LogP contribution in [0.25, 0.3) is 0 Å². The van der Waals surface area contributed by atoms with Crippen LogP contribution in [0, 0.1) is 19.8 Å². The molecule has 0 saturated carbocycles. The SMILES string of the molecule is Cc1noc(C)c1CNC(C)C(C)C. The third-order valence-electron chi connectivity index (χ3n) is 2.78. The van der Waals surface area contributed by atoms with E-state index in [4.69, 9.17) is 4.52 Å². The molecule has 0 amide bonds. The smallest absolute Gasteiger partial charge is 0.138 e. The predicted octanol–water partition coefficient (Wildman–Crippen LogP) is 2.43. The molecule has 1 rings (SSSR count). The molecule has 0 aromatic carbocycles. The van der Waals surface area contributed by atoms with Gasteiger partial charge in [0.25, 0.3) is 0 Å². The molecular formula is C11H20N2O. The van der Waals surface area contributed by atoms with Crippen molar-refractivity contribution in [2.45, 2.75) is 47.2 Å². The lowest BCUT2D eigenvalue weighted by Gasteiger charge is -2.17. The molecule has 1 unspecified atom stereocenters. The maximum atomic E-state index is 5.10. The molecule has 0 bridgehead atoms. The zero-order chi connectivity index (χ0) is 10.7. The molecular weight excluding hydrogens is 176 g/mol. The number of aromatic nitrogens is 1. The molecule has 0 saturated heterocycles. The van der Waals surface area contributed by atoms with Gasteiger partial charge in [-0.2, -0.15) is 0 Å². The largest absolute Gasteiger partial charge is 0.361 e. The monoisotopic (exact) mass is 196 g/mol. The van der Waals surface area contributed by atoms with E-state index in [1.165, 1.54) is 5.56 Å². The second-order valence-corrected chi connectivity index (χ2v) is 4.22. The molecule has 0 radical (unpaired) electrons. The lowest BCUT2D eigenvalue weighted by atomic mass is 10.1. The quantitative estimate of drug-likeness (QED) is 0.803. The van der Waals surface area contributed by atoms with Crippen molar-refractivity contribution in [1.29, 1.82) is 0 Å². The first kappa shape index (κ1) is 11.2. The number of nitrogens with zero attached hydrogens (tertiary/aromatic N) is 1. The van der Waals surface area contributed by atoms with Gasteiger partial charge in [0.2, 0.25) is 0 Å². The summed E-state index contributed by atoms with van der Waals surface area (Å²) >= 11 is 0. The van der Waals surface area contributed by atoms with Gasteiger partial charge in [-0.15, -0.1) is 0 Å². The first-order valence-electron chi connectivity index (χ1n) is 5.17. The number of rotatable bonds is 4. The normalized spacial score (nSPS) is 13.6. The highest BCUT2D eigenvalue weighted by Gasteiger charge is 2.11. The van der Waals surface area contributed by atoms with Crippen molar-refractivity contribution in [2.75, 3.05) is 0 Å². The molecule has 3 heteroatoms. The molecule has 0 aliphatic carbocycles. The minimum Gasteiger partial charge on any atom is -0.361 e. The molecule has 0 spiro atoms. The Morgan fingerprint density at radius 2 is 1.93 bits per heavy atom. The minimum absolute atomic E-state index is 0.517. The van der Waals surface area contributed by atoms with E-state index in [1.54, 1.807) is 0 Å². The van der Waals surface area contributed by atoms with Gasteiger partial charge in [-0.3, -0.25) is 0 Å². The van der Waals surface area contributed by atoms with Gasteiger partial charge in [-0.05, 0) is 26.7 Å². The fourth-order valence-corrected chi connectivity index (χ4v) is 1.25. The van der Waals surface area contributed by atoms with Gasteiger partial charge in [-0.25, -0.2) is 0 Å². The predicted molar refractivity (Wildman–Crippen MR) is 57.1 cm³/mol. The van der Waals surface area contributed by atoms with Crippen LogP contribution in [0.3, 0.4) is 0 Å². The van der Waals surface area contributed by atoms with Crippen LogP contribution >= 0.6 is 0 Å². The fraction of sp³-hybridized carbons (Fsp3) is 0.727. The first-order valence-corrected chi connectivity index (χ1v) is 5.17. The topological polar surface area (TPSA) is 38.1 Å². The van der Waals surface area contributed by atoms with E-state index in [9.17, 15) is 0 Å². The molecule has 0 aliphatic rings. The number of nitrogens with one attached hydrogen (secondary N) is 1. The summed E-state index contributed by atoms with van der Waals surface area (Å²) in [5.74, 6) is 1.57. The van der Waals surface area contributed by atoms with Gasteiger partial charge in [-0.1, -0.05) is 19.0 Å². The molecule has 1 aromatic rings. The zero-order valence-electron chi connectivity index (χ0n) is 9.72. The van der Waals surface area contributed by atoms with Crippen molar-refractivity contribution >= 4 is 0 Å². The van der Waals surface area contributed by atoms with Crippen LogP contribution in [0.2, 0.25) is 0 Å². The second-order valence-electron chi connectivity index (χ2n) is 4.22. The lowest BCUT2D eigenvalue weighted by molar-refractivity contribution is 0.389. The molecule has 1 aromatic heterocycles. The number of aryl methyl sites for hydroxylation is 2. The molecule has 1 N–H and O–H groups in total. The number of hydrogen-bond acceptors (Lipinski definition) is 3. The Balaban J connectivity index is 2.53. The summed E-state index contributed by atoms with van der Waals surface area (Å²) in [5, 5.41) is 7.39. The first-order chi connectivity index (χ1) is 6.52. The van der Waals surface area contributed by atoms with Crippen molar-refractivity contribution in [1.82, 2.24) is 10.5 Å². The van der Waals surface area contributed by atoms with E-state index in [1.807, 2.05) is 13.8 Å². The standard InChI is InChI=1S/C11H20N2O/c1-7(2)8(3)12-6-11-9(4)13-14-10(11)5/h7-8,12H,6H2,1-5H3. The van der Waals surface area contributed by atoms with Crippen LogP contribution in [0.15, 0.2) is 4.52 Å². The van der Waals surface area contributed by atoms with Crippen LogP contribution in [-0.4, -0.2) is 11.2 Å². The third kappa shape index (κ3) is 2.58. The van der Waals surface area contributed by atoms with Gasteiger partial charge >= 0.3 is 0 Å². The minimum atomic E-state index is 0.517. The van der Waals surface area contributed by atoms with Crippen molar-refractivity contribution in [2.24, 2.45) is 5.92 Å². The summed E-state index contributed by atoms with van der Waals surface area (Å²) in [5.41, 5.74) is 2.18. The summed E-state index contributed by atoms with van der Waals surface area (Å²) < 4.78 is 5.10. The van der Waals surface area contributed by atoms with Gasteiger partial charge in [0.05, 0.1) is 5.69 Å². The summed E-state index contributed by atoms with van der Waals surface area (Å²) in [6.07, 6.45) is 0. The van der Waals surface area contributed by atoms with E-state index in [-0.39, 0.29) is 0 Å². The highest BCUT2D eigenvalue weighted by atomic mass is 16.5. The Morgan fingerprint density at radius 1 is 1.29 bits per heavy atom. The van der Waals surface area contributed by atoms with Crippen LogP contribution in [0.5, 0.6) is 0 Å². The van der Waals surface area contributed by atoms with Crippen molar-refractivity contribution in [3.63, 3.8) is 0 Å². The maximum absolute atomic E-state index is 5.10. The molecule has 3 nitrogen and oxygen atoms in total. The van der Waals surface area contributed by atoms with Crippen molar-refractivity contribution < 1.29 is 4.52 Å². The number of hydrogen-bond donors (Lipinski definition) is 1. The van der Waals surface area contributed by atoms with E-state index in [2.05, 4.69) is 31.2 Å². The van der Waals surface area contributed by atoms with Crippen LogP contribution in [0.1, 0.15) is 37.8 Å². The van der Waals surface area contributed by atoms with Gasteiger partial charge in [0, 0.05) is 18.2 Å². The summed E-state index contributed by atoms with van der Waals surface area (Å²) in [7, 11) is 0. The maximum Gasteiger partial charge on any atom is 0.138 e. The molecule has 14 heavy (non-hydrogen) atoms. The van der Waals surface area contributed by atoms with E-state index in [0.717, 1.165) is 18.0 Å².